The lowest BCUT2D eigenvalue weighted by molar-refractivity contribution is 0.565. The molecule has 1 aromatic carbocycles. The lowest BCUT2D eigenvalue weighted by atomic mass is 10.1. The Balaban J connectivity index is 1.94. The number of fused-ring (bicyclic) bond motifs is 1. The minimum Gasteiger partial charge on any atom is -0.369 e. The molecule has 20 heavy (non-hydrogen) atoms. The first-order valence-electron chi connectivity index (χ1n) is 6.47. The summed E-state index contributed by atoms with van der Waals surface area (Å²) >= 11 is 0. The number of rotatable bonds is 3. The fourth-order valence-corrected chi connectivity index (χ4v) is 2.49. The summed E-state index contributed by atoms with van der Waals surface area (Å²) in [6.07, 6.45) is 4.19. The summed E-state index contributed by atoms with van der Waals surface area (Å²) in [5, 5.41) is 0. The van der Waals surface area contributed by atoms with Gasteiger partial charge in [-0.15, -0.1) is 0 Å². The molecule has 2 heterocycles. The van der Waals surface area contributed by atoms with Crippen LogP contribution in [0.15, 0.2) is 42.7 Å². The van der Waals surface area contributed by atoms with Crippen molar-refractivity contribution in [2.45, 2.75) is 19.4 Å². The number of benzene rings is 1. The summed E-state index contributed by atoms with van der Waals surface area (Å²) in [5.41, 5.74) is 8.81. The summed E-state index contributed by atoms with van der Waals surface area (Å²) in [6.45, 7) is 2.07. The van der Waals surface area contributed by atoms with Crippen LogP contribution >= 0.6 is 0 Å². The van der Waals surface area contributed by atoms with E-state index in [0.717, 1.165) is 23.0 Å². The first-order valence-corrected chi connectivity index (χ1v) is 6.47. The van der Waals surface area contributed by atoms with Crippen molar-refractivity contribution < 1.29 is 4.39 Å². The van der Waals surface area contributed by atoms with Gasteiger partial charge in [0.2, 0.25) is 5.95 Å². The number of nitrogens with zero attached hydrogens (tertiary/aromatic N) is 3. The van der Waals surface area contributed by atoms with Crippen molar-refractivity contribution in [2.75, 3.05) is 5.73 Å². The van der Waals surface area contributed by atoms with Crippen LogP contribution in [0.1, 0.15) is 18.5 Å². The maximum absolute atomic E-state index is 12.9. The molecule has 3 rings (SSSR count). The van der Waals surface area contributed by atoms with Gasteiger partial charge in [-0.1, -0.05) is 12.1 Å². The SMILES string of the molecule is CC(Cc1ccc(F)cc1)n1c(N)nc2cnccc21. The second-order valence-corrected chi connectivity index (χ2v) is 4.88. The summed E-state index contributed by atoms with van der Waals surface area (Å²) < 4.78 is 14.9. The van der Waals surface area contributed by atoms with Crippen LogP contribution in [0.5, 0.6) is 0 Å². The Bertz CT molecular complexity index is 733. The molecule has 0 saturated carbocycles. The third-order valence-electron chi connectivity index (χ3n) is 3.40. The zero-order valence-electron chi connectivity index (χ0n) is 11.1. The summed E-state index contributed by atoms with van der Waals surface area (Å²) in [4.78, 5) is 8.36. The van der Waals surface area contributed by atoms with Crippen molar-refractivity contribution in [1.82, 2.24) is 14.5 Å². The van der Waals surface area contributed by atoms with Crippen molar-refractivity contribution in [2.24, 2.45) is 0 Å². The molecule has 0 aliphatic heterocycles. The maximum atomic E-state index is 12.9. The van der Waals surface area contributed by atoms with Gasteiger partial charge in [-0.3, -0.25) is 4.98 Å². The van der Waals surface area contributed by atoms with E-state index in [1.807, 2.05) is 10.6 Å². The second-order valence-electron chi connectivity index (χ2n) is 4.88. The predicted octanol–water partition coefficient (Wildman–Crippen LogP) is 2.96. The van der Waals surface area contributed by atoms with Crippen LogP contribution < -0.4 is 5.73 Å². The molecule has 0 radical (unpaired) electrons. The number of anilines is 1. The third kappa shape index (κ3) is 2.22. The Morgan fingerprint density at radius 2 is 2.00 bits per heavy atom. The quantitative estimate of drug-likeness (QED) is 0.796. The zero-order valence-corrected chi connectivity index (χ0v) is 11.1. The van der Waals surface area contributed by atoms with Crippen LogP contribution in [0, 0.1) is 5.82 Å². The number of pyridine rings is 1. The number of halogens is 1. The number of aromatic nitrogens is 3. The molecule has 4 nitrogen and oxygen atoms in total. The van der Waals surface area contributed by atoms with Crippen LogP contribution in [0.2, 0.25) is 0 Å². The van der Waals surface area contributed by atoms with Gasteiger partial charge in [0.05, 0.1) is 11.7 Å². The Kier molecular flexibility index (Phi) is 3.10. The average Bonchev–Trinajstić information content (AvgIpc) is 2.77. The summed E-state index contributed by atoms with van der Waals surface area (Å²) in [7, 11) is 0. The molecule has 102 valence electrons. The van der Waals surface area contributed by atoms with E-state index < -0.39 is 0 Å². The Morgan fingerprint density at radius 1 is 1.25 bits per heavy atom. The second kappa shape index (κ2) is 4.92. The molecular weight excluding hydrogens is 255 g/mol. The van der Waals surface area contributed by atoms with Gasteiger partial charge in [-0.05, 0) is 37.1 Å². The fraction of sp³-hybridized carbons (Fsp3) is 0.200. The van der Waals surface area contributed by atoms with Gasteiger partial charge < -0.3 is 10.3 Å². The standard InChI is InChI=1S/C15H15FN4/c1-10(8-11-2-4-12(16)5-3-11)20-14-6-7-18-9-13(14)19-15(20)17/h2-7,9-10H,8H2,1H3,(H2,17,19). The minimum atomic E-state index is -0.222. The average molecular weight is 270 g/mol. The topological polar surface area (TPSA) is 56.7 Å². The van der Waals surface area contributed by atoms with Crippen LogP contribution in [-0.4, -0.2) is 14.5 Å². The van der Waals surface area contributed by atoms with Crippen molar-refractivity contribution in [3.8, 4) is 0 Å². The monoisotopic (exact) mass is 270 g/mol. The lowest BCUT2D eigenvalue weighted by Gasteiger charge is -2.16. The molecule has 2 aromatic heterocycles. The molecule has 1 atom stereocenters. The number of hydrogen-bond acceptors (Lipinski definition) is 3. The van der Waals surface area contributed by atoms with Crippen LogP contribution in [0.25, 0.3) is 11.0 Å². The molecule has 2 N–H and O–H groups in total. The highest BCUT2D eigenvalue weighted by molar-refractivity contribution is 5.77. The highest BCUT2D eigenvalue weighted by atomic mass is 19.1. The zero-order chi connectivity index (χ0) is 14.1. The van der Waals surface area contributed by atoms with E-state index >= 15 is 0 Å². The Hall–Kier alpha value is -2.43. The predicted molar refractivity (Wildman–Crippen MR) is 76.8 cm³/mol. The van der Waals surface area contributed by atoms with Crippen LogP contribution in [-0.2, 0) is 6.42 Å². The number of hydrogen-bond donors (Lipinski definition) is 1. The molecule has 3 aromatic rings. The van der Waals surface area contributed by atoms with Crippen molar-refractivity contribution in [1.29, 1.82) is 0 Å². The molecule has 1 unspecified atom stereocenters. The van der Waals surface area contributed by atoms with Gasteiger partial charge in [0.15, 0.2) is 0 Å². The maximum Gasteiger partial charge on any atom is 0.201 e. The molecular formula is C15H15FN4. The molecule has 0 bridgehead atoms. The highest BCUT2D eigenvalue weighted by Crippen LogP contribution is 2.24. The summed E-state index contributed by atoms with van der Waals surface area (Å²) in [6, 6.07) is 8.57. The highest BCUT2D eigenvalue weighted by Gasteiger charge is 2.14. The van der Waals surface area contributed by atoms with E-state index in [4.69, 9.17) is 5.73 Å². The number of nitrogens with two attached hydrogens (primary N) is 1. The van der Waals surface area contributed by atoms with Gasteiger partial charge in [-0.25, -0.2) is 9.37 Å². The molecule has 0 aliphatic carbocycles. The Labute approximate surface area is 116 Å². The van der Waals surface area contributed by atoms with Gasteiger partial charge in [0.25, 0.3) is 0 Å². The minimum absolute atomic E-state index is 0.132. The Morgan fingerprint density at radius 3 is 2.75 bits per heavy atom. The van der Waals surface area contributed by atoms with Crippen molar-refractivity contribution >= 4 is 17.0 Å². The molecule has 0 aliphatic rings. The number of imidazole rings is 1. The third-order valence-corrected chi connectivity index (χ3v) is 3.40. The van der Waals surface area contributed by atoms with Gasteiger partial charge in [0, 0.05) is 12.2 Å². The fourth-order valence-electron chi connectivity index (χ4n) is 2.49. The van der Waals surface area contributed by atoms with Crippen LogP contribution in [0.4, 0.5) is 10.3 Å². The van der Waals surface area contributed by atoms with Gasteiger partial charge in [-0.2, -0.15) is 0 Å². The molecule has 0 fully saturated rings. The first-order chi connectivity index (χ1) is 9.65. The largest absolute Gasteiger partial charge is 0.369 e. The van der Waals surface area contributed by atoms with Gasteiger partial charge >= 0.3 is 0 Å². The molecule has 0 saturated heterocycles. The summed E-state index contributed by atoms with van der Waals surface area (Å²) in [5.74, 6) is 0.252. The first kappa shape index (κ1) is 12.6. The molecule has 5 heteroatoms. The molecule has 0 amide bonds. The molecule has 0 spiro atoms. The van der Waals surface area contributed by atoms with E-state index in [9.17, 15) is 4.39 Å². The smallest absolute Gasteiger partial charge is 0.201 e. The lowest BCUT2D eigenvalue weighted by Crippen LogP contribution is -2.11. The van der Waals surface area contributed by atoms with Crippen LogP contribution in [0.3, 0.4) is 0 Å². The van der Waals surface area contributed by atoms with E-state index in [0.29, 0.717) is 5.95 Å². The van der Waals surface area contributed by atoms with Crippen molar-refractivity contribution in [3.63, 3.8) is 0 Å². The van der Waals surface area contributed by atoms with E-state index in [2.05, 4.69) is 16.9 Å². The van der Waals surface area contributed by atoms with E-state index in [1.165, 1.54) is 12.1 Å². The van der Waals surface area contributed by atoms with E-state index in [-0.39, 0.29) is 11.9 Å². The number of nitrogen functional groups attached to an aromatic ring is 1. The normalized spacial score (nSPS) is 12.7. The van der Waals surface area contributed by atoms with E-state index in [1.54, 1.807) is 24.5 Å². The van der Waals surface area contributed by atoms with Crippen molar-refractivity contribution in [3.05, 3.63) is 54.1 Å². The van der Waals surface area contributed by atoms with Gasteiger partial charge in [0.1, 0.15) is 11.3 Å².